The molecule has 1 unspecified atom stereocenters. The van der Waals surface area contributed by atoms with Gasteiger partial charge in [0.2, 0.25) is 10.0 Å². The Bertz CT molecular complexity index is 822. The monoisotopic (exact) mass is 362 g/mol. The molecule has 0 spiro atoms. The van der Waals surface area contributed by atoms with Crippen molar-refractivity contribution in [2.45, 2.75) is 57.4 Å². The third-order valence-electron chi connectivity index (χ3n) is 3.92. The van der Waals surface area contributed by atoms with Gasteiger partial charge in [-0.2, -0.15) is 0 Å². The summed E-state index contributed by atoms with van der Waals surface area (Å²) in [6.07, 6.45) is 0. The normalized spacial score (nSPS) is 13.3. The van der Waals surface area contributed by atoms with E-state index in [0.29, 0.717) is 5.92 Å². The van der Waals surface area contributed by atoms with Gasteiger partial charge in [-0.25, -0.2) is 23.5 Å². The summed E-state index contributed by atoms with van der Waals surface area (Å²) in [6.45, 7) is 10.3. The first-order valence-electron chi connectivity index (χ1n) is 8.36. The maximum absolute atomic E-state index is 11.5. The zero-order valence-corrected chi connectivity index (χ0v) is 16.1. The van der Waals surface area contributed by atoms with Crippen LogP contribution in [0.2, 0.25) is 0 Å². The second-order valence-electron chi connectivity index (χ2n) is 6.83. The van der Waals surface area contributed by atoms with E-state index in [1.165, 1.54) is 6.07 Å². The highest BCUT2D eigenvalue weighted by atomic mass is 32.2. The summed E-state index contributed by atoms with van der Waals surface area (Å²) in [7, 11) is -3.72. The van der Waals surface area contributed by atoms with Crippen LogP contribution in [0.4, 0.5) is 5.82 Å². The zero-order chi connectivity index (χ0) is 18.8. The fourth-order valence-corrected chi connectivity index (χ4v) is 2.95. The quantitative estimate of drug-likeness (QED) is 0.819. The van der Waals surface area contributed by atoms with Crippen molar-refractivity contribution in [3.63, 3.8) is 0 Å². The summed E-state index contributed by atoms with van der Waals surface area (Å²) < 4.78 is 23.1. The van der Waals surface area contributed by atoms with Crippen LogP contribution in [0.1, 0.15) is 69.6 Å². The van der Waals surface area contributed by atoms with Crippen LogP contribution in [0.15, 0.2) is 35.2 Å². The van der Waals surface area contributed by atoms with Crippen molar-refractivity contribution in [3.8, 4) is 0 Å². The summed E-state index contributed by atoms with van der Waals surface area (Å²) in [4.78, 5) is 9.30. The smallest absolute Gasteiger partial charge is 0.238 e. The minimum Gasteiger partial charge on any atom is -0.363 e. The van der Waals surface area contributed by atoms with Crippen LogP contribution in [-0.2, 0) is 10.0 Å². The molecule has 2 rings (SSSR count). The largest absolute Gasteiger partial charge is 0.363 e. The van der Waals surface area contributed by atoms with Crippen LogP contribution in [0, 0.1) is 0 Å². The van der Waals surface area contributed by atoms with Gasteiger partial charge in [0.15, 0.2) is 0 Å². The molecule has 0 saturated carbocycles. The van der Waals surface area contributed by atoms with Crippen LogP contribution in [0.25, 0.3) is 0 Å². The first-order chi connectivity index (χ1) is 11.6. The molecular weight excluding hydrogens is 336 g/mol. The van der Waals surface area contributed by atoms with Gasteiger partial charge in [-0.1, -0.05) is 39.8 Å². The van der Waals surface area contributed by atoms with E-state index in [1.54, 1.807) is 12.1 Å². The summed E-state index contributed by atoms with van der Waals surface area (Å²) in [6, 6.07) is 8.44. The van der Waals surface area contributed by atoms with Gasteiger partial charge >= 0.3 is 0 Å². The molecule has 1 aromatic carbocycles. The minimum atomic E-state index is -3.72. The molecular formula is C18H26N4O2S. The molecule has 0 saturated heterocycles. The van der Waals surface area contributed by atoms with Gasteiger partial charge in [0.25, 0.3) is 0 Å². The molecule has 25 heavy (non-hydrogen) atoms. The Kier molecular flexibility index (Phi) is 5.80. The Morgan fingerprint density at radius 2 is 1.68 bits per heavy atom. The third-order valence-corrected chi connectivity index (χ3v) is 4.83. The van der Waals surface area contributed by atoms with Gasteiger partial charge in [0.05, 0.1) is 4.90 Å². The fourth-order valence-electron chi connectivity index (χ4n) is 2.38. The summed E-state index contributed by atoms with van der Waals surface area (Å²) >= 11 is 0. The SMILES string of the molecule is CC(C)c1cc(NC(C)c2cccc(S(N)(=O)=O)c2)nc(C(C)C)n1. The number of nitrogens with two attached hydrogens (primary N) is 1. The van der Waals surface area contributed by atoms with E-state index in [4.69, 9.17) is 5.14 Å². The molecule has 1 heterocycles. The van der Waals surface area contributed by atoms with Crippen LogP contribution < -0.4 is 10.5 Å². The first-order valence-corrected chi connectivity index (χ1v) is 9.90. The summed E-state index contributed by atoms with van der Waals surface area (Å²) in [5.41, 5.74) is 1.80. The van der Waals surface area contributed by atoms with E-state index < -0.39 is 10.0 Å². The maximum atomic E-state index is 11.5. The average molecular weight is 362 g/mol. The predicted octanol–water partition coefficient (Wildman–Crippen LogP) is 3.54. The molecule has 1 aromatic heterocycles. The van der Waals surface area contributed by atoms with Gasteiger partial charge in [0, 0.05) is 23.7 Å². The van der Waals surface area contributed by atoms with Gasteiger partial charge in [-0.05, 0) is 30.5 Å². The van der Waals surface area contributed by atoms with Crippen molar-refractivity contribution in [2.24, 2.45) is 5.14 Å². The number of rotatable bonds is 6. The van der Waals surface area contributed by atoms with Crippen molar-refractivity contribution in [1.82, 2.24) is 9.97 Å². The molecule has 7 heteroatoms. The van der Waals surface area contributed by atoms with E-state index in [9.17, 15) is 8.42 Å². The van der Waals surface area contributed by atoms with E-state index in [1.807, 2.05) is 19.1 Å². The van der Waals surface area contributed by atoms with Crippen LogP contribution in [0.5, 0.6) is 0 Å². The van der Waals surface area contributed by atoms with Crippen LogP contribution in [-0.4, -0.2) is 18.4 Å². The van der Waals surface area contributed by atoms with Gasteiger partial charge < -0.3 is 5.32 Å². The number of primary sulfonamides is 1. The second-order valence-corrected chi connectivity index (χ2v) is 8.39. The fraction of sp³-hybridized carbons (Fsp3) is 0.444. The number of nitrogens with zero attached hydrogens (tertiary/aromatic N) is 2. The lowest BCUT2D eigenvalue weighted by Crippen LogP contribution is -2.14. The number of aromatic nitrogens is 2. The molecule has 0 aliphatic rings. The molecule has 0 radical (unpaired) electrons. The first kappa shape index (κ1) is 19.3. The number of hydrogen-bond acceptors (Lipinski definition) is 5. The Balaban J connectivity index is 2.33. The Hall–Kier alpha value is -1.99. The number of hydrogen-bond donors (Lipinski definition) is 2. The van der Waals surface area contributed by atoms with Crippen molar-refractivity contribution in [2.75, 3.05) is 5.32 Å². The number of anilines is 1. The summed E-state index contributed by atoms with van der Waals surface area (Å²) in [5, 5.41) is 8.56. The highest BCUT2D eigenvalue weighted by Crippen LogP contribution is 2.24. The van der Waals surface area contributed by atoms with Gasteiger partial charge in [-0.3, -0.25) is 0 Å². The molecule has 0 fully saturated rings. The zero-order valence-electron chi connectivity index (χ0n) is 15.3. The number of nitrogens with one attached hydrogen (secondary N) is 1. The Morgan fingerprint density at radius 3 is 2.24 bits per heavy atom. The number of sulfonamides is 1. The van der Waals surface area contributed by atoms with Crippen molar-refractivity contribution in [3.05, 3.63) is 47.4 Å². The lowest BCUT2D eigenvalue weighted by atomic mass is 10.1. The van der Waals surface area contributed by atoms with E-state index >= 15 is 0 Å². The number of benzene rings is 1. The minimum absolute atomic E-state index is 0.104. The Morgan fingerprint density at radius 1 is 1.00 bits per heavy atom. The highest BCUT2D eigenvalue weighted by Gasteiger charge is 2.14. The highest BCUT2D eigenvalue weighted by molar-refractivity contribution is 7.89. The van der Waals surface area contributed by atoms with Gasteiger partial charge in [0.1, 0.15) is 11.6 Å². The van der Waals surface area contributed by atoms with Crippen LogP contribution in [0.3, 0.4) is 0 Å². The topological polar surface area (TPSA) is 98.0 Å². The molecule has 0 aliphatic carbocycles. The molecule has 6 nitrogen and oxygen atoms in total. The van der Waals surface area contributed by atoms with Crippen molar-refractivity contribution in [1.29, 1.82) is 0 Å². The summed E-state index contributed by atoms with van der Waals surface area (Å²) in [5.74, 6) is 2.04. The van der Waals surface area contributed by atoms with Crippen molar-refractivity contribution < 1.29 is 8.42 Å². The van der Waals surface area contributed by atoms with E-state index in [-0.39, 0.29) is 16.9 Å². The molecule has 2 aromatic rings. The molecule has 0 amide bonds. The van der Waals surface area contributed by atoms with Crippen LogP contribution >= 0.6 is 0 Å². The van der Waals surface area contributed by atoms with E-state index in [2.05, 4.69) is 43.0 Å². The molecule has 136 valence electrons. The standard InChI is InChI=1S/C18H26N4O2S/c1-11(2)16-10-17(22-18(21-16)12(3)4)20-13(5)14-7-6-8-15(9-14)25(19,23)24/h6-13H,1-5H3,(H2,19,23,24)(H,20,21,22). The third kappa shape index (κ3) is 4.99. The van der Waals surface area contributed by atoms with Crippen molar-refractivity contribution >= 4 is 15.8 Å². The molecule has 0 bridgehead atoms. The van der Waals surface area contributed by atoms with E-state index in [0.717, 1.165) is 22.9 Å². The second kappa shape index (κ2) is 7.49. The maximum Gasteiger partial charge on any atom is 0.238 e. The predicted molar refractivity (Wildman–Crippen MR) is 100 cm³/mol. The molecule has 0 aliphatic heterocycles. The van der Waals surface area contributed by atoms with Gasteiger partial charge in [-0.15, -0.1) is 0 Å². The molecule has 3 N–H and O–H groups in total. The lowest BCUT2D eigenvalue weighted by molar-refractivity contribution is 0.597. The average Bonchev–Trinajstić information content (AvgIpc) is 2.53. The molecule has 1 atom stereocenters. The lowest BCUT2D eigenvalue weighted by Gasteiger charge is -2.18. The Labute approximate surface area is 149 Å².